The summed E-state index contributed by atoms with van der Waals surface area (Å²) in [4.78, 5) is 6.49. The van der Waals surface area contributed by atoms with Crippen molar-refractivity contribution in [3.63, 3.8) is 0 Å². The fourth-order valence-electron chi connectivity index (χ4n) is 1.07. The lowest BCUT2D eigenvalue weighted by Gasteiger charge is -2.08. The zero-order chi connectivity index (χ0) is 10.4. The molecule has 0 radical (unpaired) electrons. The second-order valence-electron chi connectivity index (χ2n) is 3.43. The molecule has 0 amide bonds. The van der Waals surface area contributed by atoms with Gasteiger partial charge in [0.1, 0.15) is 0 Å². The highest BCUT2D eigenvalue weighted by Crippen LogP contribution is 2.14. The average molecular weight is 214 g/mol. The van der Waals surface area contributed by atoms with Crippen molar-refractivity contribution in [1.82, 2.24) is 9.88 Å². The Hall–Kier alpha value is -0.650. The summed E-state index contributed by atoms with van der Waals surface area (Å²) in [5.74, 6) is 0. The largest absolute Gasteiger partial charge is 0.361 e. The van der Waals surface area contributed by atoms with Crippen LogP contribution in [0.3, 0.4) is 0 Å². The normalized spacial score (nSPS) is 10.9. The molecule has 1 heterocycles. The topological polar surface area (TPSA) is 54.2 Å². The minimum atomic E-state index is 0.524. The quantitative estimate of drug-likeness (QED) is 0.693. The maximum Gasteiger partial charge on any atom is 0.182 e. The number of hydrogen-bond donors (Lipinski definition) is 2. The molecule has 0 saturated heterocycles. The first-order chi connectivity index (χ1) is 6.72. The number of hydrogen-bond acceptors (Lipinski definition) is 5. The maximum absolute atomic E-state index is 5.47. The second-order valence-corrected chi connectivity index (χ2v) is 4.29. The summed E-state index contributed by atoms with van der Waals surface area (Å²) < 4.78 is 0. The zero-order valence-electron chi connectivity index (χ0n) is 8.79. The van der Waals surface area contributed by atoms with Crippen LogP contribution >= 0.6 is 11.3 Å². The Bertz CT molecular complexity index is 259. The molecule has 0 spiro atoms. The van der Waals surface area contributed by atoms with Gasteiger partial charge >= 0.3 is 0 Å². The molecular weight excluding hydrogens is 196 g/mol. The SMILES string of the molecule is CN(C)CCCNc1nc(CN)cs1. The van der Waals surface area contributed by atoms with Crippen LogP contribution in [0.1, 0.15) is 12.1 Å². The van der Waals surface area contributed by atoms with Gasteiger partial charge in [0, 0.05) is 18.5 Å². The van der Waals surface area contributed by atoms with E-state index in [4.69, 9.17) is 5.73 Å². The minimum absolute atomic E-state index is 0.524. The monoisotopic (exact) mass is 214 g/mol. The van der Waals surface area contributed by atoms with E-state index in [0.717, 1.165) is 30.3 Å². The van der Waals surface area contributed by atoms with Gasteiger partial charge in [-0.25, -0.2) is 4.98 Å². The molecule has 0 atom stereocenters. The molecule has 3 N–H and O–H groups in total. The van der Waals surface area contributed by atoms with Crippen LogP contribution in [-0.2, 0) is 6.54 Å². The summed E-state index contributed by atoms with van der Waals surface area (Å²) in [6.07, 6.45) is 1.13. The number of nitrogens with two attached hydrogens (primary N) is 1. The molecule has 0 fully saturated rings. The lowest BCUT2D eigenvalue weighted by atomic mass is 10.4. The van der Waals surface area contributed by atoms with Gasteiger partial charge in [-0.15, -0.1) is 11.3 Å². The van der Waals surface area contributed by atoms with Gasteiger partial charge in [-0.2, -0.15) is 0 Å². The Morgan fingerprint density at radius 2 is 2.36 bits per heavy atom. The summed E-state index contributed by atoms with van der Waals surface area (Å²) in [5, 5.41) is 6.25. The lowest BCUT2D eigenvalue weighted by molar-refractivity contribution is 0.405. The van der Waals surface area contributed by atoms with E-state index in [1.54, 1.807) is 11.3 Å². The third-order valence-corrected chi connectivity index (χ3v) is 2.67. The maximum atomic E-state index is 5.47. The van der Waals surface area contributed by atoms with Crippen LogP contribution in [0.4, 0.5) is 5.13 Å². The molecular formula is C9H18N4S. The number of nitrogens with zero attached hydrogens (tertiary/aromatic N) is 2. The first kappa shape index (κ1) is 11.4. The number of aromatic nitrogens is 1. The first-order valence-electron chi connectivity index (χ1n) is 4.75. The Morgan fingerprint density at radius 3 is 2.93 bits per heavy atom. The van der Waals surface area contributed by atoms with Gasteiger partial charge in [0.25, 0.3) is 0 Å². The van der Waals surface area contributed by atoms with Crippen molar-refractivity contribution in [2.75, 3.05) is 32.5 Å². The third kappa shape index (κ3) is 4.04. The van der Waals surface area contributed by atoms with Gasteiger partial charge in [0.15, 0.2) is 5.13 Å². The van der Waals surface area contributed by atoms with Crippen molar-refractivity contribution in [2.45, 2.75) is 13.0 Å². The molecule has 1 rings (SSSR count). The van der Waals surface area contributed by atoms with Gasteiger partial charge in [0.05, 0.1) is 5.69 Å². The molecule has 14 heavy (non-hydrogen) atoms. The van der Waals surface area contributed by atoms with E-state index in [1.807, 2.05) is 5.38 Å². The van der Waals surface area contributed by atoms with Crippen molar-refractivity contribution in [3.05, 3.63) is 11.1 Å². The molecule has 1 aromatic rings. The predicted octanol–water partition coefficient (Wildman–Crippen LogP) is 0.965. The fourth-order valence-corrected chi connectivity index (χ4v) is 1.82. The lowest BCUT2D eigenvalue weighted by Crippen LogP contribution is -2.16. The zero-order valence-corrected chi connectivity index (χ0v) is 9.60. The molecule has 0 aliphatic carbocycles. The van der Waals surface area contributed by atoms with Gasteiger partial charge in [-0.05, 0) is 27.1 Å². The second kappa shape index (κ2) is 5.95. The molecule has 80 valence electrons. The van der Waals surface area contributed by atoms with Crippen molar-refractivity contribution in [1.29, 1.82) is 0 Å². The predicted molar refractivity (Wildman–Crippen MR) is 61.7 cm³/mol. The minimum Gasteiger partial charge on any atom is -0.361 e. The van der Waals surface area contributed by atoms with E-state index in [2.05, 4.69) is 29.3 Å². The summed E-state index contributed by atoms with van der Waals surface area (Å²) in [5.41, 5.74) is 6.43. The van der Waals surface area contributed by atoms with E-state index < -0.39 is 0 Å². The smallest absolute Gasteiger partial charge is 0.182 e. The Kier molecular flexibility index (Phi) is 4.86. The average Bonchev–Trinajstić information content (AvgIpc) is 2.60. The standard InChI is InChI=1S/C9H18N4S/c1-13(2)5-3-4-11-9-12-8(6-10)7-14-9/h7H,3-6,10H2,1-2H3,(H,11,12). The molecule has 0 bridgehead atoms. The molecule has 5 heteroatoms. The Balaban J connectivity index is 2.18. The summed E-state index contributed by atoms with van der Waals surface area (Å²) in [6, 6.07) is 0. The summed E-state index contributed by atoms with van der Waals surface area (Å²) >= 11 is 1.62. The van der Waals surface area contributed by atoms with Gasteiger partial charge < -0.3 is 16.0 Å². The molecule has 0 aliphatic heterocycles. The number of thiazole rings is 1. The van der Waals surface area contributed by atoms with E-state index in [-0.39, 0.29) is 0 Å². The summed E-state index contributed by atoms with van der Waals surface area (Å²) in [6.45, 7) is 2.59. The highest BCUT2D eigenvalue weighted by atomic mass is 32.1. The first-order valence-corrected chi connectivity index (χ1v) is 5.63. The fraction of sp³-hybridized carbons (Fsp3) is 0.667. The summed E-state index contributed by atoms with van der Waals surface area (Å²) in [7, 11) is 4.16. The van der Waals surface area contributed by atoms with Gasteiger partial charge in [-0.3, -0.25) is 0 Å². The van der Waals surface area contributed by atoms with Crippen LogP contribution in [0.5, 0.6) is 0 Å². The van der Waals surface area contributed by atoms with Crippen molar-refractivity contribution >= 4 is 16.5 Å². The van der Waals surface area contributed by atoms with Gasteiger partial charge in [0.2, 0.25) is 0 Å². The number of anilines is 1. The van der Waals surface area contributed by atoms with Crippen LogP contribution < -0.4 is 11.1 Å². The van der Waals surface area contributed by atoms with Gasteiger partial charge in [-0.1, -0.05) is 0 Å². The van der Waals surface area contributed by atoms with E-state index in [1.165, 1.54) is 0 Å². The Morgan fingerprint density at radius 1 is 1.57 bits per heavy atom. The van der Waals surface area contributed by atoms with Crippen LogP contribution in [0.25, 0.3) is 0 Å². The van der Waals surface area contributed by atoms with E-state index in [0.29, 0.717) is 6.54 Å². The Labute approximate surface area is 89.1 Å². The van der Waals surface area contributed by atoms with Crippen molar-refractivity contribution in [2.24, 2.45) is 5.73 Å². The number of rotatable bonds is 6. The van der Waals surface area contributed by atoms with Crippen LogP contribution in [0.2, 0.25) is 0 Å². The molecule has 0 aliphatic rings. The molecule has 0 saturated carbocycles. The van der Waals surface area contributed by atoms with Crippen LogP contribution in [0.15, 0.2) is 5.38 Å². The van der Waals surface area contributed by atoms with Crippen molar-refractivity contribution < 1.29 is 0 Å². The van der Waals surface area contributed by atoms with Crippen LogP contribution in [0, 0.1) is 0 Å². The van der Waals surface area contributed by atoms with E-state index >= 15 is 0 Å². The van der Waals surface area contributed by atoms with Crippen molar-refractivity contribution in [3.8, 4) is 0 Å². The third-order valence-electron chi connectivity index (χ3n) is 1.82. The molecule has 1 aromatic heterocycles. The molecule has 4 nitrogen and oxygen atoms in total. The highest BCUT2D eigenvalue weighted by Gasteiger charge is 1.98. The number of nitrogens with one attached hydrogen (secondary N) is 1. The van der Waals surface area contributed by atoms with Crippen LogP contribution in [-0.4, -0.2) is 37.1 Å². The highest BCUT2D eigenvalue weighted by molar-refractivity contribution is 7.13. The van der Waals surface area contributed by atoms with E-state index in [9.17, 15) is 0 Å². The molecule has 0 aromatic carbocycles. The molecule has 0 unspecified atom stereocenters.